The van der Waals surface area contributed by atoms with Crippen LogP contribution in [0.1, 0.15) is 6.42 Å². The molecule has 50 valence electrons. The second-order valence-electron chi connectivity index (χ2n) is 3.47. The summed E-state index contributed by atoms with van der Waals surface area (Å²) in [5.74, 6) is 2.47. The summed E-state index contributed by atoms with van der Waals surface area (Å²) >= 11 is 0. The zero-order valence-electron chi connectivity index (χ0n) is 5.83. The van der Waals surface area contributed by atoms with Gasteiger partial charge in [0.05, 0.1) is 0 Å². The third kappa shape index (κ3) is 0.406. The number of hydrogen-bond donors (Lipinski definition) is 0. The SMILES string of the molecule is C1=CC2C(=C1)C1C=CC2C1. The molecule has 0 heterocycles. The van der Waals surface area contributed by atoms with Crippen LogP contribution in [0.5, 0.6) is 0 Å². The van der Waals surface area contributed by atoms with Crippen molar-refractivity contribution in [3.8, 4) is 0 Å². The molecule has 3 unspecified atom stereocenters. The lowest BCUT2D eigenvalue weighted by Gasteiger charge is -2.13. The maximum atomic E-state index is 2.39. The van der Waals surface area contributed by atoms with Crippen molar-refractivity contribution in [1.29, 1.82) is 0 Å². The highest BCUT2D eigenvalue weighted by molar-refractivity contribution is 5.40. The van der Waals surface area contributed by atoms with Crippen LogP contribution in [0.2, 0.25) is 0 Å². The van der Waals surface area contributed by atoms with E-state index in [1.807, 2.05) is 0 Å². The van der Waals surface area contributed by atoms with Crippen LogP contribution in [0.3, 0.4) is 0 Å². The van der Waals surface area contributed by atoms with Gasteiger partial charge in [0.15, 0.2) is 0 Å². The highest BCUT2D eigenvalue weighted by Crippen LogP contribution is 2.49. The molecule has 0 spiro atoms. The number of allylic oxidation sites excluding steroid dienone is 6. The van der Waals surface area contributed by atoms with Crippen LogP contribution in [-0.2, 0) is 0 Å². The quantitative estimate of drug-likeness (QED) is 0.441. The van der Waals surface area contributed by atoms with Gasteiger partial charge in [-0.15, -0.1) is 0 Å². The molecule has 3 atom stereocenters. The van der Waals surface area contributed by atoms with Gasteiger partial charge in [0, 0.05) is 5.92 Å². The molecule has 3 aliphatic rings. The van der Waals surface area contributed by atoms with Crippen molar-refractivity contribution in [2.24, 2.45) is 17.8 Å². The van der Waals surface area contributed by atoms with Gasteiger partial charge in [0.2, 0.25) is 0 Å². The number of rotatable bonds is 0. The van der Waals surface area contributed by atoms with Crippen LogP contribution >= 0.6 is 0 Å². The van der Waals surface area contributed by atoms with Gasteiger partial charge in [-0.25, -0.2) is 0 Å². The molecule has 0 radical (unpaired) electrons. The fourth-order valence-electron chi connectivity index (χ4n) is 2.51. The maximum Gasteiger partial charge on any atom is 0.00520 e. The monoisotopic (exact) mass is 130 g/mol. The van der Waals surface area contributed by atoms with Crippen molar-refractivity contribution in [1.82, 2.24) is 0 Å². The van der Waals surface area contributed by atoms with Crippen LogP contribution in [0, 0.1) is 17.8 Å². The standard InChI is InChI=1S/C10H10/c1-2-9-7-4-5-8(6-7)10(9)3-1/h1-5,7-9H,6H2. The van der Waals surface area contributed by atoms with Gasteiger partial charge >= 0.3 is 0 Å². The van der Waals surface area contributed by atoms with Gasteiger partial charge in [-0.2, -0.15) is 0 Å². The first kappa shape index (κ1) is 4.95. The van der Waals surface area contributed by atoms with Crippen molar-refractivity contribution in [3.05, 3.63) is 36.0 Å². The Kier molecular flexibility index (Phi) is 0.715. The zero-order valence-corrected chi connectivity index (χ0v) is 5.83. The molecule has 0 aromatic carbocycles. The first-order chi connectivity index (χ1) is 4.95. The average molecular weight is 130 g/mol. The summed E-state index contributed by atoms with van der Waals surface area (Å²) in [7, 11) is 0. The second-order valence-corrected chi connectivity index (χ2v) is 3.47. The molecule has 0 aromatic rings. The van der Waals surface area contributed by atoms with Crippen molar-refractivity contribution >= 4 is 0 Å². The molecule has 1 saturated carbocycles. The summed E-state index contributed by atoms with van der Waals surface area (Å²) in [6.45, 7) is 0. The molecule has 0 amide bonds. The maximum absolute atomic E-state index is 2.39. The Bertz CT molecular complexity index is 255. The van der Waals surface area contributed by atoms with E-state index >= 15 is 0 Å². The molecular formula is C10H10. The second kappa shape index (κ2) is 1.45. The highest BCUT2D eigenvalue weighted by atomic mass is 14.4. The van der Waals surface area contributed by atoms with E-state index in [1.54, 1.807) is 5.57 Å². The van der Waals surface area contributed by atoms with E-state index in [-0.39, 0.29) is 0 Å². The Morgan fingerprint density at radius 1 is 1.20 bits per heavy atom. The molecule has 0 nitrogen and oxygen atoms in total. The van der Waals surface area contributed by atoms with E-state index in [1.165, 1.54) is 6.42 Å². The van der Waals surface area contributed by atoms with Gasteiger partial charge in [0.25, 0.3) is 0 Å². The molecular weight excluding hydrogens is 120 g/mol. The predicted molar refractivity (Wildman–Crippen MR) is 41.5 cm³/mol. The first-order valence-corrected chi connectivity index (χ1v) is 4.02. The third-order valence-corrected chi connectivity index (χ3v) is 3.00. The van der Waals surface area contributed by atoms with Crippen molar-refractivity contribution in [3.63, 3.8) is 0 Å². The Hall–Kier alpha value is -0.780. The van der Waals surface area contributed by atoms with Crippen LogP contribution in [0.25, 0.3) is 0 Å². The smallest absolute Gasteiger partial charge is 0.00520 e. The van der Waals surface area contributed by atoms with Gasteiger partial charge in [-0.1, -0.05) is 36.0 Å². The average Bonchev–Trinajstić information content (AvgIpc) is 2.60. The first-order valence-electron chi connectivity index (χ1n) is 4.02. The van der Waals surface area contributed by atoms with Gasteiger partial charge in [-0.05, 0) is 18.3 Å². The van der Waals surface area contributed by atoms with Crippen molar-refractivity contribution in [2.45, 2.75) is 6.42 Å². The topological polar surface area (TPSA) is 0 Å². The lowest BCUT2D eigenvalue weighted by molar-refractivity contribution is 0.608. The molecule has 2 bridgehead atoms. The van der Waals surface area contributed by atoms with E-state index in [4.69, 9.17) is 0 Å². The minimum atomic E-state index is 0.801. The van der Waals surface area contributed by atoms with Gasteiger partial charge in [0.1, 0.15) is 0 Å². The largest absolute Gasteiger partial charge is 0.0839 e. The van der Waals surface area contributed by atoms with Crippen molar-refractivity contribution < 1.29 is 0 Å². The molecule has 0 N–H and O–H groups in total. The fraction of sp³-hybridized carbons (Fsp3) is 0.400. The fourth-order valence-corrected chi connectivity index (χ4v) is 2.51. The molecule has 3 aliphatic carbocycles. The lowest BCUT2D eigenvalue weighted by atomic mass is 9.92. The zero-order chi connectivity index (χ0) is 6.55. The lowest BCUT2D eigenvalue weighted by Crippen LogP contribution is -2.03. The van der Waals surface area contributed by atoms with E-state index in [0.29, 0.717) is 0 Å². The predicted octanol–water partition coefficient (Wildman–Crippen LogP) is 2.30. The molecule has 0 saturated heterocycles. The Balaban J connectivity index is 2.15. The molecule has 0 heteroatoms. The summed E-state index contributed by atoms with van der Waals surface area (Å²) in [5, 5.41) is 0. The minimum Gasteiger partial charge on any atom is -0.0839 e. The normalized spacial score (nSPS) is 46.4. The number of hydrogen-bond acceptors (Lipinski definition) is 0. The summed E-state index contributed by atoms with van der Waals surface area (Å²) in [5.41, 5.74) is 1.67. The summed E-state index contributed by atoms with van der Waals surface area (Å²) in [6.07, 6.45) is 13.0. The molecule has 1 fully saturated rings. The third-order valence-electron chi connectivity index (χ3n) is 3.00. The van der Waals surface area contributed by atoms with Gasteiger partial charge in [-0.3, -0.25) is 0 Å². The number of fused-ring (bicyclic) bond motifs is 5. The highest BCUT2D eigenvalue weighted by Gasteiger charge is 2.39. The Morgan fingerprint density at radius 3 is 3.10 bits per heavy atom. The van der Waals surface area contributed by atoms with E-state index in [2.05, 4.69) is 30.4 Å². The Labute approximate surface area is 60.9 Å². The molecule has 0 aromatic heterocycles. The minimum absolute atomic E-state index is 0.801. The summed E-state index contributed by atoms with van der Waals surface area (Å²) in [4.78, 5) is 0. The summed E-state index contributed by atoms with van der Waals surface area (Å²) < 4.78 is 0. The van der Waals surface area contributed by atoms with Crippen LogP contribution in [-0.4, -0.2) is 0 Å². The van der Waals surface area contributed by atoms with Crippen LogP contribution in [0.4, 0.5) is 0 Å². The van der Waals surface area contributed by atoms with Gasteiger partial charge < -0.3 is 0 Å². The van der Waals surface area contributed by atoms with Crippen LogP contribution < -0.4 is 0 Å². The molecule has 3 rings (SSSR count). The summed E-state index contributed by atoms with van der Waals surface area (Å²) in [6, 6.07) is 0. The van der Waals surface area contributed by atoms with Crippen molar-refractivity contribution in [2.75, 3.05) is 0 Å². The molecule has 0 aliphatic heterocycles. The van der Waals surface area contributed by atoms with E-state index < -0.39 is 0 Å². The Morgan fingerprint density at radius 2 is 2.20 bits per heavy atom. The molecule has 10 heavy (non-hydrogen) atoms. The van der Waals surface area contributed by atoms with E-state index in [0.717, 1.165) is 17.8 Å². The van der Waals surface area contributed by atoms with Crippen LogP contribution in [0.15, 0.2) is 36.0 Å². The van der Waals surface area contributed by atoms with E-state index in [9.17, 15) is 0 Å².